The quantitative estimate of drug-likeness (QED) is 0.193. The topological polar surface area (TPSA) is 46.0 Å². The normalized spacial score (nSPS) is 15.8. The van der Waals surface area contributed by atoms with E-state index in [2.05, 4.69) is 42.4 Å². The molecule has 0 aliphatic carbocycles. The van der Waals surface area contributed by atoms with Crippen molar-refractivity contribution in [1.82, 2.24) is 19.1 Å². The summed E-state index contributed by atoms with van der Waals surface area (Å²) in [6.45, 7) is 9.87. The molecule has 4 heterocycles. The monoisotopic (exact) mass is 586 g/mol. The minimum absolute atomic E-state index is 0.00123. The van der Waals surface area contributed by atoms with E-state index in [-0.39, 0.29) is 28.2 Å². The summed E-state index contributed by atoms with van der Waals surface area (Å²) < 4.78 is 69.2. The van der Waals surface area contributed by atoms with Crippen LogP contribution in [0.2, 0.25) is 0 Å². The summed E-state index contributed by atoms with van der Waals surface area (Å²) in [4.78, 5) is 9.16. The van der Waals surface area contributed by atoms with Crippen molar-refractivity contribution in [3.8, 4) is 17.3 Å². The molecule has 0 radical (unpaired) electrons. The molecule has 0 saturated carbocycles. The lowest BCUT2D eigenvalue weighted by atomic mass is 9.86. The highest BCUT2D eigenvalue weighted by molar-refractivity contribution is 6.09. The van der Waals surface area contributed by atoms with Gasteiger partial charge in [0.15, 0.2) is 6.98 Å². The first-order valence-electron chi connectivity index (χ1n) is 18.0. The largest absolute Gasteiger partial charge is 0.496 e. The molecule has 0 fully saturated rings. The maximum Gasteiger partial charge on any atom is 0.496 e. The van der Waals surface area contributed by atoms with E-state index in [0.717, 1.165) is 43.3 Å². The average molecular weight is 587 g/mol. The number of pyridine rings is 2. The number of aromatic nitrogens is 3. The molecule has 6 aromatic rings. The van der Waals surface area contributed by atoms with Crippen LogP contribution in [-0.2, 0) is 10.8 Å². The zero-order valence-corrected chi connectivity index (χ0v) is 25.6. The summed E-state index contributed by atoms with van der Waals surface area (Å²) in [6.07, 6.45) is 5.44. The number of para-hydroxylation sites is 2. The number of nitrogens with zero attached hydrogens (tertiary/aromatic N) is 5. The predicted molar refractivity (Wildman–Crippen MR) is 179 cm³/mol. The number of hydrogen-bond acceptors (Lipinski definition) is 3. The molecule has 0 bridgehead atoms. The summed E-state index contributed by atoms with van der Waals surface area (Å²) in [7, 11) is 0. The van der Waals surface area contributed by atoms with E-state index in [1.165, 1.54) is 4.58 Å². The van der Waals surface area contributed by atoms with Gasteiger partial charge in [0.2, 0.25) is 5.69 Å². The second kappa shape index (κ2) is 10.0. The number of fused-ring (bicyclic) bond motifs is 4. The van der Waals surface area contributed by atoms with Crippen molar-refractivity contribution in [2.24, 2.45) is 0 Å². The smallest absolute Gasteiger partial charge is 0.457 e. The molecule has 0 unspecified atom stereocenters. The average Bonchev–Trinajstić information content (AvgIpc) is 3.63. The Labute approximate surface area is 268 Å². The Morgan fingerprint density at radius 3 is 2.36 bits per heavy atom. The first kappa shape index (κ1) is 20.8. The fourth-order valence-electron chi connectivity index (χ4n) is 5.51. The van der Waals surface area contributed by atoms with Crippen LogP contribution in [0.5, 0.6) is 11.5 Å². The van der Waals surface area contributed by atoms with Gasteiger partial charge in [0.1, 0.15) is 21.4 Å². The molecule has 1 aliphatic heterocycles. The van der Waals surface area contributed by atoms with Gasteiger partial charge < -0.3 is 4.74 Å². The fraction of sp³-hybridized carbons (Fsp3) is 0.237. The van der Waals surface area contributed by atoms with Crippen molar-refractivity contribution in [1.29, 1.82) is 0 Å². The zero-order valence-electron chi connectivity index (χ0n) is 32.6. The second-order valence-electron chi connectivity index (χ2n) is 13.1. The van der Waals surface area contributed by atoms with E-state index < -0.39 is 25.1 Å². The number of ether oxygens (including phenoxy) is 1. The first-order chi connectivity index (χ1) is 23.8. The SMILES string of the molecule is [2H]c1c([2H])c([2H])c2c(c1[2H])[N+](c1cc(Oc3ccc4c5cnccc5n(-c5cc(C(C)(C)C)ccn5)c4c3)cc(C(C)(C)C)c1)=C=[N+]2C([2H])([2H])[2H]. The van der Waals surface area contributed by atoms with Gasteiger partial charge in [-0.15, -0.1) is 0 Å². The van der Waals surface area contributed by atoms with Crippen LogP contribution < -0.4 is 9.31 Å². The Kier molecular flexibility index (Phi) is 4.72. The molecule has 7 rings (SSSR count). The Morgan fingerprint density at radius 2 is 1.59 bits per heavy atom. The van der Waals surface area contributed by atoms with Gasteiger partial charge in [-0.1, -0.05) is 58.2 Å². The molecular formula is C38H37N5O+2. The Hall–Kier alpha value is -5.06. The molecule has 44 heavy (non-hydrogen) atoms. The highest BCUT2D eigenvalue weighted by Gasteiger charge is 2.33. The maximum absolute atomic E-state index is 8.73. The van der Waals surface area contributed by atoms with Crippen molar-refractivity contribution in [2.45, 2.75) is 52.4 Å². The number of benzene rings is 3. The predicted octanol–water partition coefficient (Wildman–Crippen LogP) is 9.26. The molecule has 6 heteroatoms. The van der Waals surface area contributed by atoms with Crippen molar-refractivity contribution in [3.05, 3.63) is 108 Å². The van der Waals surface area contributed by atoms with Crippen molar-refractivity contribution in [3.63, 3.8) is 0 Å². The van der Waals surface area contributed by atoms with E-state index in [1.807, 2.05) is 75.6 Å². The molecule has 0 spiro atoms. The highest BCUT2D eigenvalue weighted by atomic mass is 16.5. The van der Waals surface area contributed by atoms with E-state index in [0.29, 0.717) is 17.2 Å². The highest BCUT2D eigenvalue weighted by Crippen LogP contribution is 2.39. The van der Waals surface area contributed by atoms with Gasteiger partial charge in [-0.2, -0.15) is 0 Å². The molecule has 0 N–H and O–H groups in total. The van der Waals surface area contributed by atoms with Crippen LogP contribution in [0.3, 0.4) is 0 Å². The van der Waals surface area contributed by atoms with E-state index in [9.17, 15) is 0 Å². The van der Waals surface area contributed by atoms with Gasteiger partial charge in [0.05, 0.1) is 22.6 Å². The third-order valence-electron chi connectivity index (χ3n) is 7.93. The summed E-state index contributed by atoms with van der Waals surface area (Å²) >= 11 is 0. The van der Waals surface area contributed by atoms with E-state index in [1.54, 1.807) is 12.3 Å². The third kappa shape index (κ3) is 4.78. The van der Waals surface area contributed by atoms with Crippen molar-refractivity contribution in [2.75, 3.05) is 6.98 Å². The molecule has 0 amide bonds. The molecule has 1 aliphatic rings. The van der Waals surface area contributed by atoms with Crippen LogP contribution in [0.25, 0.3) is 27.6 Å². The minimum Gasteiger partial charge on any atom is -0.457 e. The molecular weight excluding hydrogens is 542 g/mol. The van der Waals surface area contributed by atoms with Crippen molar-refractivity contribution >= 4 is 44.9 Å². The Balaban J connectivity index is 1.41. The summed E-state index contributed by atoms with van der Waals surface area (Å²) in [6, 6.07) is 18.4. The van der Waals surface area contributed by atoms with Gasteiger partial charge in [-0.25, -0.2) is 4.98 Å². The second-order valence-corrected chi connectivity index (χ2v) is 13.1. The zero-order chi connectivity index (χ0) is 36.8. The van der Waals surface area contributed by atoms with E-state index in [4.69, 9.17) is 19.3 Å². The summed E-state index contributed by atoms with van der Waals surface area (Å²) in [5.74, 6) is 1.76. The molecule has 0 saturated heterocycles. The van der Waals surface area contributed by atoms with Gasteiger partial charge in [-0.3, -0.25) is 9.55 Å². The summed E-state index contributed by atoms with van der Waals surface area (Å²) in [5, 5.41) is 1.95. The van der Waals surface area contributed by atoms with Crippen LogP contribution in [0.4, 0.5) is 17.1 Å². The Morgan fingerprint density at radius 1 is 0.795 bits per heavy atom. The lowest BCUT2D eigenvalue weighted by molar-refractivity contribution is -0.394. The molecule has 3 aromatic heterocycles. The summed E-state index contributed by atoms with van der Waals surface area (Å²) in [5.41, 5.74) is 3.65. The van der Waals surface area contributed by atoms with E-state index >= 15 is 0 Å². The number of rotatable bonds is 4. The van der Waals surface area contributed by atoms with Crippen LogP contribution in [0, 0.1) is 0 Å². The van der Waals surface area contributed by atoms with Gasteiger partial charge >= 0.3 is 6.01 Å². The first-order valence-corrected chi connectivity index (χ1v) is 14.5. The van der Waals surface area contributed by atoms with Gasteiger partial charge in [-0.05, 0) is 62.9 Å². The molecule has 6 nitrogen and oxygen atoms in total. The minimum atomic E-state index is -2.76. The maximum atomic E-state index is 8.73. The third-order valence-corrected chi connectivity index (χ3v) is 7.93. The van der Waals surface area contributed by atoms with Crippen LogP contribution in [0.1, 0.15) is 62.3 Å². The fourth-order valence-corrected chi connectivity index (χ4v) is 5.51. The van der Waals surface area contributed by atoms with Gasteiger partial charge in [0, 0.05) is 53.6 Å². The lowest BCUT2D eigenvalue weighted by Crippen LogP contribution is -2.12. The van der Waals surface area contributed by atoms with Crippen LogP contribution in [-0.4, -0.2) is 32.1 Å². The Bertz CT molecular complexity index is 2500. The molecule has 3 aromatic carbocycles. The molecule has 0 atom stereocenters. The number of hydrogen-bond donors (Lipinski definition) is 0. The lowest BCUT2D eigenvalue weighted by Gasteiger charge is -2.20. The van der Waals surface area contributed by atoms with Gasteiger partial charge in [0.25, 0.3) is 11.4 Å². The molecule has 218 valence electrons. The standard InChI is InChI=1S/C38H37N5O/c1-37(2,3)25-14-17-40-36(20-25)43-32-15-16-39-23-31(32)30-13-12-28(22-35(30)43)44-29-19-26(38(4,5)6)18-27(21-29)42-24-41(7)33-10-8-9-11-34(33)42/h8-23H,1-7H3/q+2/i7D3,8D,9D,10D,11D. The van der Waals surface area contributed by atoms with Crippen LogP contribution in [0.15, 0.2) is 97.4 Å². The van der Waals surface area contributed by atoms with Crippen LogP contribution >= 0.6 is 0 Å². The van der Waals surface area contributed by atoms with Crippen molar-refractivity contribution < 1.29 is 18.9 Å².